The monoisotopic (exact) mass is 319 g/mol. The normalized spacial score (nSPS) is 9.95. The minimum absolute atomic E-state index is 0.0317. The van der Waals surface area contributed by atoms with Gasteiger partial charge in [-0.25, -0.2) is 0 Å². The summed E-state index contributed by atoms with van der Waals surface area (Å²) in [6.45, 7) is 0.202. The average molecular weight is 320 g/mol. The topological polar surface area (TPSA) is 35.6 Å². The molecule has 1 aromatic rings. The molecule has 0 radical (unpaired) electrons. The highest BCUT2D eigenvalue weighted by atomic mass is 35.5. The molecule has 0 aliphatic rings. The van der Waals surface area contributed by atoms with Gasteiger partial charge in [-0.3, -0.25) is 4.79 Å². The van der Waals surface area contributed by atoms with Crippen molar-refractivity contribution in [1.82, 2.24) is 9.80 Å². The number of anilines is 1. The maximum Gasteiger partial charge on any atom is 0.241 e. The number of hydrogen-bond acceptors (Lipinski definition) is 2. The summed E-state index contributed by atoms with van der Waals surface area (Å²) in [5.74, 6) is -0.0317. The van der Waals surface area contributed by atoms with Crippen molar-refractivity contribution < 1.29 is 4.79 Å². The van der Waals surface area contributed by atoms with Crippen LogP contribution in [0.3, 0.4) is 0 Å². The number of carbonyl (C=O) groups is 1. The van der Waals surface area contributed by atoms with Crippen molar-refractivity contribution in [3.05, 3.63) is 28.2 Å². The van der Waals surface area contributed by atoms with Crippen LogP contribution in [0.2, 0.25) is 10.0 Å². The first kappa shape index (κ1) is 16.0. The second kappa shape index (κ2) is 6.93. The number of halogens is 2. The number of nitrogens with one attached hydrogen (secondary N) is 1. The van der Waals surface area contributed by atoms with Crippen molar-refractivity contribution in [2.75, 3.05) is 33.0 Å². The van der Waals surface area contributed by atoms with Gasteiger partial charge in [0, 0.05) is 36.9 Å². The van der Waals surface area contributed by atoms with Gasteiger partial charge in [0.25, 0.3) is 0 Å². The van der Waals surface area contributed by atoms with E-state index in [9.17, 15) is 4.79 Å². The molecule has 1 rings (SSSR count). The molecule has 0 saturated carbocycles. The van der Waals surface area contributed by atoms with E-state index in [-0.39, 0.29) is 12.5 Å². The van der Waals surface area contributed by atoms with E-state index in [4.69, 9.17) is 35.4 Å². The molecule has 0 aromatic heterocycles. The van der Waals surface area contributed by atoms with Crippen LogP contribution in [0.15, 0.2) is 18.2 Å². The molecule has 0 bridgehead atoms. The molecule has 1 aromatic carbocycles. The van der Waals surface area contributed by atoms with E-state index < -0.39 is 0 Å². The average Bonchev–Trinajstić information content (AvgIpc) is 2.26. The summed E-state index contributed by atoms with van der Waals surface area (Å²) in [5, 5.41) is 4.45. The Balaban J connectivity index is 2.66. The number of likely N-dealkylation sites (N-methyl/N-ethyl adjacent to an activating group) is 2. The Morgan fingerprint density at radius 2 is 1.74 bits per heavy atom. The molecule has 0 heterocycles. The first-order valence-electron chi connectivity index (χ1n) is 5.48. The number of amides is 1. The van der Waals surface area contributed by atoms with Gasteiger partial charge in [-0.1, -0.05) is 23.2 Å². The first-order valence-corrected chi connectivity index (χ1v) is 6.64. The molecule has 1 amide bonds. The summed E-state index contributed by atoms with van der Waals surface area (Å²) in [4.78, 5) is 14.7. The Morgan fingerprint density at radius 1 is 1.21 bits per heavy atom. The fourth-order valence-electron chi connectivity index (χ4n) is 1.26. The summed E-state index contributed by atoms with van der Waals surface area (Å²) in [6, 6.07) is 5.05. The molecule has 0 unspecified atom stereocenters. The van der Waals surface area contributed by atoms with Gasteiger partial charge < -0.3 is 15.1 Å². The molecule has 0 atom stereocenters. The lowest BCUT2D eigenvalue weighted by atomic mass is 10.3. The molecule has 0 aliphatic carbocycles. The highest BCUT2D eigenvalue weighted by molar-refractivity contribution is 7.80. The molecular formula is C12H15Cl2N3OS. The molecule has 7 heteroatoms. The zero-order valence-corrected chi connectivity index (χ0v) is 13.2. The first-order chi connectivity index (χ1) is 8.79. The Labute approximate surface area is 128 Å². The molecule has 0 spiro atoms. The van der Waals surface area contributed by atoms with Gasteiger partial charge >= 0.3 is 0 Å². The third-order valence-corrected chi connectivity index (χ3v) is 3.18. The summed E-state index contributed by atoms with van der Waals surface area (Å²) in [6.07, 6.45) is 0. The van der Waals surface area contributed by atoms with Gasteiger partial charge in [0.1, 0.15) is 0 Å². The van der Waals surface area contributed by atoms with E-state index in [1.807, 2.05) is 0 Å². The molecule has 19 heavy (non-hydrogen) atoms. The highest BCUT2D eigenvalue weighted by Crippen LogP contribution is 2.22. The minimum Gasteiger partial charge on any atom is -0.347 e. The zero-order chi connectivity index (χ0) is 14.6. The van der Waals surface area contributed by atoms with Crippen molar-refractivity contribution in [2.24, 2.45) is 0 Å². The molecule has 0 fully saturated rings. The van der Waals surface area contributed by atoms with Gasteiger partial charge in [0.05, 0.1) is 6.54 Å². The number of hydrogen-bond donors (Lipinski definition) is 1. The number of nitrogens with zero attached hydrogens (tertiary/aromatic N) is 2. The Bertz CT molecular complexity index is 474. The quantitative estimate of drug-likeness (QED) is 0.869. The van der Waals surface area contributed by atoms with Crippen LogP contribution in [0.1, 0.15) is 0 Å². The number of carbonyl (C=O) groups excluding carboxylic acids is 1. The minimum atomic E-state index is -0.0317. The standard InChI is InChI=1S/C12H15Cl2N3OS/c1-16(2)11(18)7-17(3)12(19)15-10-5-8(13)4-9(14)6-10/h4-6H,7H2,1-3H3,(H,15,19). The Morgan fingerprint density at radius 3 is 2.21 bits per heavy atom. The molecule has 4 nitrogen and oxygen atoms in total. The fourth-order valence-corrected chi connectivity index (χ4v) is 1.97. The third-order valence-electron chi connectivity index (χ3n) is 2.33. The van der Waals surface area contributed by atoms with E-state index in [1.165, 1.54) is 4.90 Å². The summed E-state index contributed by atoms with van der Waals surface area (Å²) in [7, 11) is 5.13. The maximum atomic E-state index is 11.6. The predicted molar refractivity (Wildman–Crippen MR) is 84.0 cm³/mol. The van der Waals surface area contributed by atoms with Gasteiger partial charge in [-0.15, -0.1) is 0 Å². The van der Waals surface area contributed by atoms with Crippen LogP contribution in [0, 0.1) is 0 Å². The van der Waals surface area contributed by atoms with Crippen LogP contribution in [-0.4, -0.2) is 48.5 Å². The molecule has 0 aliphatic heterocycles. The van der Waals surface area contributed by atoms with Crippen molar-refractivity contribution in [2.45, 2.75) is 0 Å². The van der Waals surface area contributed by atoms with Crippen molar-refractivity contribution in [1.29, 1.82) is 0 Å². The van der Waals surface area contributed by atoms with Crippen LogP contribution >= 0.6 is 35.4 Å². The van der Waals surface area contributed by atoms with Gasteiger partial charge in [-0.05, 0) is 30.4 Å². The van der Waals surface area contributed by atoms with E-state index in [0.717, 1.165) is 0 Å². The Kier molecular flexibility index (Phi) is 5.85. The third kappa shape index (κ3) is 5.22. The lowest BCUT2D eigenvalue weighted by molar-refractivity contribution is -0.128. The smallest absolute Gasteiger partial charge is 0.241 e. The number of benzene rings is 1. The Hall–Kier alpha value is -1.04. The molecular weight excluding hydrogens is 305 g/mol. The summed E-state index contributed by atoms with van der Waals surface area (Å²) < 4.78 is 0. The largest absolute Gasteiger partial charge is 0.347 e. The lowest BCUT2D eigenvalue weighted by Crippen LogP contribution is -2.39. The van der Waals surface area contributed by atoms with Crippen LogP contribution in [0.5, 0.6) is 0 Å². The van der Waals surface area contributed by atoms with Gasteiger partial charge in [-0.2, -0.15) is 0 Å². The fraction of sp³-hybridized carbons (Fsp3) is 0.333. The number of thiocarbonyl (C=S) groups is 1. The van der Waals surface area contributed by atoms with Gasteiger partial charge in [0.2, 0.25) is 5.91 Å². The van der Waals surface area contributed by atoms with Crippen molar-refractivity contribution in [3.8, 4) is 0 Å². The molecule has 1 N–H and O–H groups in total. The number of rotatable bonds is 3. The molecule has 0 saturated heterocycles. The maximum absolute atomic E-state index is 11.6. The second-order valence-corrected chi connectivity index (χ2v) is 5.49. The highest BCUT2D eigenvalue weighted by Gasteiger charge is 2.11. The van der Waals surface area contributed by atoms with Gasteiger partial charge in [0.15, 0.2) is 5.11 Å². The van der Waals surface area contributed by atoms with Crippen LogP contribution < -0.4 is 5.32 Å². The van der Waals surface area contributed by atoms with E-state index >= 15 is 0 Å². The van der Waals surface area contributed by atoms with E-state index in [0.29, 0.717) is 20.8 Å². The summed E-state index contributed by atoms with van der Waals surface area (Å²) >= 11 is 17.0. The predicted octanol–water partition coefficient (Wildman–Crippen LogP) is 2.71. The van der Waals surface area contributed by atoms with Crippen molar-refractivity contribution in [3.63, 3.8) is 0 Å². The molecule has 104 valence electrons. The lowest BCUT2D eigenvalue weighted by Gasteiger charge is -2.22. The zero-order valence-electron chi connectivity index (χ0n) is 10.9. The van der Waals surface area contributed by atoms with Crippen LogP contribution in [-0.2, 0) is 4.79 Å². The van der Waals surface area contributed by atoms with E-state index in [2.05, 4.69) is 5.32 Å². The van der Waals surface area contributed by atoms with Crippen LogP contribution in [0.25, 0.3) is 0 Å². The van der Waals surface area contributed by atoms with E-state index in [1.54, 1.807) is 44.2 Å². The van der Waals surface area contributed by atoms with Crippen LogP contribution in [0.4, 0.5) is 5.69 Å². The van der Waals surface area contributed by atoms with Crippen molar-refractivity contribution >= 4 is 52.1 Å². The summed E-state index contributed by atoms with van der Waals surface area (Å²) in [5.41, 5.74) is 0.687. The second-order valence-electron chi connectivity index (χ2n) is 4.23. The SMILES string of the molecule is CN(C)C(=O)CN(C)C(=S)Nc1cc(Cl)cc(Cl)c1.